The van der Waals surface area contributed by atoms with Crippen molar-refractivity contribution in [3.63, 3.8) is 0 Å². The molecule has 0 aliphatic heterocycles. The first-order valence-corrected chi connectivity index (χ1v) is 7.57. The minimum Gasteiger partial charge on any atom is -0.478 e. The Labute approximate surface area is 124 Å². The van der Waals surface area contributed by atoms with Crippen molar-refractivity contribution in [2.75, 3.05) is 18.0 Å². The van der Waals surface area contributed by atoms with Gasteiger partial charge >= 0.3 is 5.97 Å². The van der Waals surface area contributed by atoms with Crippen LogP contribution in [0.5, 0.6) is 0 Å². The van der Waals surface area contributed by atoms with Gasteiger partial charge in [0.15, 0.2) is 0 Å². The Morgan fingerprint density at radius 1 is 1.22 bits per heavy atom. The van der Waals surface area contributed by atoms with Crippen molar-refractivity contribution in [3.8, 4) is 0 Å². The number of hydrogen-bond donors (Lipinski definition) is 1. The maximum Gasteiger partial charge on any atom is 0.337 e. The maximum atomic E-state index is 11.4. The molecular formula is C13H17Br2NO2. The summed E-state index contributed by atoms with van der Waals surface area (Å²) in [5.74, 6) is -0.899. The minimum absolute atomic E-state index is 0.332. The molecule has 1 rings (SSSR count). The molecule has 0 aliphatic carbocycles. The predicted octanol–water partition coefficient (Wildman–Crippen LogP) is 4.54. The molecule has 0 unspecified atom stereocenters. The molecule has 0 aliphatic rings. The second-order valence-electron chi connectivity index (χ2n) is 4.08. The van der Waals surface area contributed by atoms with E-state index in [4.69, 9.17) is 0 Å². The van der Waals surface area contributed by atoms with Crippen molar-refractivity contribution in [1.82, 2.24) is 0 Å². The highest BCUT2D eigenvalue weighted by atomic mass is 79.9. The largest absolute Gasteiger partial charge is 0.478 e. The Balaban J connectivity index is 3.30. The molecule has 0 spiro atoms. The van der Waals surface area contributed by atoms with E-state index in [1.807, 2.05) is 6.07 Å². The third-order valence-electron chi connectivity index (χ3n) is 2.56. The van der Waals surface area contributed by atoms with Crippen LogP contribution in [0, 0.1) is 0 Å². The van der Waals surface area contributed by atoms with Crippen LogP contribution in [0.3, 0.4) is 0 Å². The molecule has 0 saturated carbocycles. The summed E-state index contributed by atoms with van der Waals surface area (Å²) in [6.07, 6.45) is 1.98. The topological polar surface area (TPSA) is 40.5 Å². The van der Waals surface area contributed by atoms with Crippen LogP contribution in [0.1, 0.15) is 37.0 Å². The van der Waals surface area contributed by atoms with E-state index in [9.17, 15) is 9.90 Å². The van der Waals surface area contributed by atoms with Gasteiger partial charge in [-0.15, -0.1) is 0 Å². The van der Waals surface area contributed by atoms with Gasteiger partial charge in [0, 0.05) is 22.0 Å². The molecule has 1 aromatic carbocycles. The van der Waals surface area contributed by atoms with Crippen LogP contribution in [-0.2, 0) is 0 Å². The first kappa shape index (κ1) is 15.5. The van der Waals surface area contributed by atoms with Crippen LogP contribution < -0.4 is 4.90 Å². The van der Waals surface area contributed by atoms with Crippen LogP contribution in [0.25, 0.3) is 0 Å². The number of halogens is 2. The summed E-state index contributed by atoms with van der Waals surface area (Å²) in [5, 5.41) is 9.33. The molecule has 0 fully saturated rings. The molecule has 0 aromatic heterocycles. The SMILES string of the molecule is CCCN(CCC)c1c(Br)cc(Br)cc1C(=O)O. The van der Waals surface area contributed by atoms with E-state index in [-0.39, 0.29) is 0 Å². The third-order valence-corrected chi connectivity index (χ3v) is 3.62. The lowest BCUT2D eigenvalue weighted by Gasteiger charge is -2.26. The molecule has 18 heavy (non-hydrogen) atoms. The number of anilines is 1. The lowest BCUT2D eigenvalue weighted by atomic mass is 10.1. The fraction of sp³-hybridized carbons (Fsp3) is 0.462. The van der Waals surface area contributed by atoms with Gasteiger partial charge in [-0.2, -0.15) is 0 Å². The summed E-state index contributed by atoms with van der Waals surface area (Å²) >= 11 is 6.80. The molecule has 0 heterocycles. The van der Waals surface area contributed by atoms with Gasteiger partial charge in [-0.3, -0.25) is 0 Å². The number of rotatable bonds is 6. The Kier molecular flexibility index (Phi) is 6.15. The number of carboxylic acids is 1. The Morgan fingerprint density at radius 2 is 1.78 bits per heavy atom. The van der Waals surface area contributed by atoms with Crippen molar-refractivity contribution in [3.05, 3.63) is 26.6 Å². The average molecular weight is 379 g/mol. The number of benzene rings is 1. The lowest BCUT2D eigenvalue weighted by Crippen LogP contribution is -2.27. The van der Waals surface area contributed by atoms with Crippen molar-refractivity contribution < 1.29 is 9.90 Å². The Bertz CT molecular complexity index is 429. The van der Waals surface area contributed by atoms with E-state index in [1.165, 1.54) is 0 Å². The molecule has 0 saturated heterocycles. The summed E-state index contributed by atoms with van der Waals surface area (Å²) in [4.78, 5) is 13.5. The van der Waals surface area contributed by atoms with Crippen molar-refractivity contribution in [1.29, 1.82) is 0 Å². The summed E-state index contributed by atoms with van der Waals surface area (Å²) in [6, 6.07) is 3.54. The normalized spacial score (nSPS) is 10.4. The van der Waals surface area contributed by atoms with Gasteiger partial charge < -0.3 is 10.0 Å². The number of carboxylic acid groups (broad SMARTS) is 1. The Morgan fingerprint density at radius 3 is 2.22 bits per heavy atom. The molecule has 1 aromatic rings. The average Bonchev–Trinajstić information content (AvgIpc) is 2.27. The molecular weight excluding hydrogens is 362 g/mol. The van der Waals surface area contributed by atoms with Crippen LogP contribution >= 0.6 is 31.9 Å². The highest BCUT2D eigenvalue weighted by molar-refractivity contribution is 9.11. The van der Waals surface area contributed by atoms with Crippen molar-refractivity contribution in [2.24, 2.45) is 0 Å². The van der Waals surface area contributed by atoms with E-state index >= 15 is 0 Å². The molecule has 1 N–H and O–H groups in total. The molecule has 5 heteroatoms. The van der Waals surface area contributed by atoms with E-state index in [0.29, 0.717) is 5.56 Å². The number of aromatic carboxylic acids is 1. The molecule has 0 radical (unpaired) electrons. The van der Waals surface area contributed by atoms with Gasteiger partial charge in [0.25, 0.3) is 0 Å². The molecule has 3 nitrogen and oxygen atoms in total. The van der Waals surface area contributed by atoms with E-state index < -0.39 is 5.97 Å². The van der Waals surface area contributed by atoms with E-state index in [1.54, 1.807) is 6.07 Å². The maximum absolute atomic E-state index is 11.4. The van der Waals surface area contributed by atoms with Gasteiger partial charge in [0.1, 0.15) is 0 Å². The predicted molar refractivity (Wildman–Crippen MR) is 81.6 cm³/mol. The fourth-order valence-electron chi connectivity index (χ4n) is 1.93. The van der Waals surface area contributed by atoms with Gasteiger partial charge in [-0.25, -0.2) is 4.79 Å². The monoisotopic (exact) mass is 377 g/mol. The lowest BCUT2D eigenvalue weighted by molar-refractivity contribution is 0.0697. The van der Waals surface area contributed by atoms with Crippen LogP contribution in [0.2, 0.25) is 0 Å². The van der Waals surface area contributed by atoms with Gasteiger partial charge in [-0.1, -0.05) is 29.8 Å². The first-order valence-electron chi connectivity index (χ1n) is 5.98. The Hall–Kier alpha value is -0.550. The zero-order valence-electron chi connectivity index (χ0n) is 10.5. The van der Waals surface area contributed by atoms with Crippen LogP contribution in [0.15, 0.2) is 21.1 Å². The van der Waals surface area contributed by atoms with Gasteiger partial charge in [0.2, 0.25) is 0 Å². The zero-order chi connectivity index (χ0) is 13.7. The van der Waals surface area contributed by atoms with E-state index in [0.717, 1.165) is 40.6 Å². The highest BCUT2D eigenvalue weighted by Gasteiger charge is 2.19. The summed E-state index contributed by atoms with van der Waals surface area (Å²) in [6.45, 7) is 5.90. The number of carbonyl (C=O) groups is 1. The first-order chi connectivity index (χ1) is 8.51. The van der Waals surface area contributed by atoms with E-state index in [2.05, 4.69) is 50.6 Å². The zero-order valence-corrected chi connectivity index (χ0v) is 13.7. The number of hydrogen-bond acceptors (Lipinski definition) is 2. The van der Waals surface area contributed by atoms with Gasteiger partial charge in [0.05, 0.1) is 11.3 Å². The van der Waals surface area contributed by atoms with Crippen LogP contribution in [-0.4, -0.2) is 24.2 Å². The second-order valence-corrected chi connectivity index (χ2v) is 5.85. The highest BCUT2D eigenvalue weighted by Crippen LogP contribution is 2.34. The second kappa shape index (κ2) is 7.14. The van der Waals surface area contributed by atoms with Crippen molar-refractivity contribution in [2.45, 2.75) is 26.7 Å². The minimum atomic E-state index is -0.899. The van der Waals surface area contributed by atoms with Crippen molar-refractivity contribution >= 4 is 43.5 Å². The van der Waals surface area contributed by atoms with Gasteiger partial charge in [-0.05, 0) is 40.9 Å². The quantitative estimate of drug-likeness (QED) is 0.790. The smallest absolute Gasteiger partial charge is 0.337 e. The standard InChI is InChI=1S/C13H17Br2NO2/c1-3-5-16(6-4-2)12-10(13(17)18)7-9(14)8-11(12)15/h7-8H,3-6H2,1-2H3,(H,17,18). The summed E-state index contributed by atoms with van der Waals surface area (Å²) in [5.41, 5.74) is 1.10. The fourth-order valence-corrected chi connectivity index (χ4v) is 3.40. The van der Waals surface area contributed by atoms with Crippen LogP contribution in [0.4, 0.5) is 5.69 Å². The molecule has 0 atom stereocenters. The summed E-state index contributed by atoms with van der Waals surface area (Å²) in [7, 11) is 0. The third kappa shape index (κ3) is 3.72. The number of nitrogens with zero attached hydrogens (tertiary/aromatic N) is 1. The molecule has 100 valence electrons. The molecule has 0 amide bonds. The molecule has 0 bridgehead atoms. The summed E-state index contributed by atoms with van der Waals surface area (Å²) < 4.78 is 1.58.